The first kappa shape index (κ1) is 11.8. The molecule has 0 radical (unpaired) electrons. The standard InChI is InChI=1S/C12H19NO2/c1-9(12(2,3)4)13(5)11-7-6-10(8-14)15-11/h6-9H,1-5H3. The zero-order valence-electron chi connectivity index (χ0n) is 10.1. The highest BCUT2D eigenvalue weighted by Crippen LogP contribution is 2.28. The summed E-state index contributed by atoms with van der Waals surface area (Å²) >= 11 is 0. The molecule has 1 aromatic rings. The summed E-state index contributed by atoms with van der Waals surface area (Å²) in [6.45, 7) is 8.68. The molecule has 0 bridgehead atoms. The van der Waals surface area contributed by atoms with Crippen LogP contribution < -0.4 is 4.90 Å². The third-order valence-corrected chi connectivity index (χ3v) is 2.91. The van der Waals surface area contributed by atoms with Gasteiger partial charge in [-0.3, -0.25) is 4.79 Å². The van der Waals surface area contributed by atoms with E-state index in [2.05, 4.69) is 27.7 Å². The molecule has 3 heteroatoms. The molecule has 0 fully saturated rings. The molecule has 0 N–H and O–H groups in total. The molecule has 1 aromatic heterocycles. The first-order valence-corrected chi connectivity index (χ1v) is 5.14. The van der Waals surface area contributed by atoms with Gasteiger partial charge in [-0.2, -0.15) is 0 Å². The van der Waals surface area contributed by atoms with Gasteiger partial charge in [0.1, 0.15) is 0 Å². The van der Waals surface area contributed by atoms with Gasteiger partial charge in [-0.15, -0.1) is 0 Å². The van der Waals surface area contributed by atoms with E-state index < -0.39 is 0 Å². The quantitative estimate of drug-likeness (QED) is 0.717. The average Bonchev–Trinajstić information content (AvgIpc) is 2.62. The summed E-state index contributed by atoms with van der Waals surface area (Å²) in [5.41, 5.74) is 0.170. The third-order valence-electron chi connectivity index (χ3n) is 2.91. The predicted molar refractivity (Wildman–Crippen MR) is 61.4 cm³/mol. The molecular formula is C12H19NO2. The Hall–Kier alpha value is -1.25. The van der Waals surface area contributed by atoms with E-state index in [-0.39, 0.29) is 5.41 Å². The van der Waals surface area contributed by atoms with Crippen LogP contribution in [-0.4, -0.2) is 19.4 Å². The lowest BCUT2D eigenvalue weighted by Gasteiger charge is -2.35. The van der Waals surface area contributed by atoms with E-state index in [0.717, 1.165) is 12.2 Å². The van der Waals surface area contributed by atoms with Crippen molar-refractivity contribution < 1.29 is 9.21 Å². The van der Waals surface area contributed by atoms with Crippen molar-refractivity contribution in [2.24, 2.45) is 5.41 Å². The number of aldehydes is 1. The number of nitrogens with zero attached hydrogens (tertiary/aromatic N) is 1. The normalized spacial score (nSPS) is 13.7. The molecule has 0 amide bonds. The Labute approximate surface area is 91.1 Å². The molecule has 15 heavy (non-hydrogen) atoms. The van der Waals surface area contributed by atoms with Gasteiger partial charge in [0.15, 0.2) is 17.9 Å². The summed E-state index contributed by atoms with van der Waals surface area (Å²) in [5, 5.41) is 0. The van der Waals surface area contributed by atoms with Gasteiger partial charge in [0.2, 0.25) is 0 Å². The Balaban J connectivity index is 2.84. The Kier molecular flexibility index (Phi) is 3.22. The first-order chi connectivity index (χ1) is 6.86. The molecule has 0 aliphatic rings. The number of carbonyl (C=O) groups excluding carboxylic acids is 1. The van der Waals surface area contributed by atoms with Gasteiger partial charge in [-0.25, -0.2) is 0 Å². The number of rotatable bonds is 3. The van der Waals surface area contributed by atoms with Gasteiger partial charge >= 0.3 is 0 Å². The minimum Gasteiger partial charge on any atom is -0.438 e. The number of hydrogen-bond donors (Lipinski definition) is 0. The fourth-order valence-electron chi connectivity index (χ4n) is 1.37. The fourth-order valence-corrected chi connectivity index (χ4v) is 1.37. The Morgan fingerprint density at radius 1 is 1.40 bits per heavy atom. The van der Waals surface area contributed by atoms with Crippen LogP contribution in [0.25, 0.3) is 0 Å². The summed E-state index contributed by atoms with van der Waals surface area (Å²) in [4.78, 5) is 12.5. The minimum absolute atomic E-state index is 0.170. The maximum absolute atomic E-state index is 10.5. The van der Waals surface area contributed by atoms with Crippen molar-refractivity contribution in [3.8, 4) is 0 Å². The number of anilines is 1. The predicted octanol–water partition coefficient (Wildman–Crippen LogP) is 2.96. The zero-order chi connectivity index (χ0) is 11.6. The van der Waals surface area contributed by atoms with Crippen molar-refractivity contribution in [3.63, 3.8) is 0 Å². The average molecular weight is 209 g/mol. The zero-order valence-corrected chi connectivity index (χ0v) is 10.1. The third kappa shape index (κ3) is 2.61. The Morgan fingerprint density at radius 3 is 2.40 bits per heavy atom. The van der Waals surface area contributed by atoms with Crippen LogP contribution in [0.2, 0.25) is 0 Å². The van der Waals surface area contributed by atoms with E-state index in [1.165, 1.54) is 0 Å². The highest BCUT2D eigenvalue weighted by Gasteiger charge is 2.25. The van der Waals surface area contributed by atoms with Gasteiger partial charge < -0.3 is 9.32 Å². The molecule has 0 saturated carbocycles. The molecule has 0 aliphatic carbocycles. The highest BCUT2D eigenvalue weighted by molar-refractivity contribution is 5.71. The van der Waals surface area contributed by atoms with E-state index in [4.69, 9.17) is 4.42 Å². The summed E-state index contributed by atoms with van der Waals surface area (Å²) in [5.74, 6) is 1.11. The van der Waals surface area contributed by atoms with Crippen LogP contribution in [0.3, 0.4) is 0 Å². The second kappa shape index (κ2) is 4.09. The summed E-state index contributed by atoms with van der Waals surface area (Å²) < 4.78 is 5.37. The number of furan rings is 1. The smallest absolute Gasteiger partial charge is 0.196 e. The second-order valence-electron chi connectivity index (χ2n) is 4.95. The Bertz CT molecular complexity index is 336. The lowest BCUT2D eigenvalue weighted by atomic mass is 9.87. The van der Waals surface area contributed by atoms with Gasteiger partial charge in [0.05, 0.1) is 0 Å². The molecule has 0 aliphatic heterocycles. The van der Waals surface area contributed by atoms with Crippen molar-refractivity contribution in [2.45, 2.75) is 33.7 Å². The topological polar surface area (TPSA) is 33.5 Å². The van der Waals surface area contributed by atoms with E-state index in [9.17, 15) is 4.79 Å². The summed E-state index contributed by atoms with van der Waals surface area (Å²) in [7, 11) is 1.98. The van der Waals surface area contributed by atoms with Crippen LogP contribution in [0.4, 0.5) is 5.88 Å². The van der Waals surface area contributed by atoms with Crippen LogP contribution in [-0.2, 0) is 0 Å². The van der Waals surface area contributed by atoms with Crippen LogP contribution in [0.15, 0.2) is 16.5 Å². The number of carbonyl (C=O) groups is 1. The second-order valence-corrected chi connectivity index (χ2v) is 4.95. The lowest BCUT2D eigenvalue weighted by Crippen LogP contribution is -2.39. The molecule has 1 atom stereocenters. The molecule has 84 valence electrons. The van der Waals surface area contributed by atoms with Crippen molar-refractivity contribution in [2.75, 3.05) is 11.9 Å². The van der Waals surface area contributed by atoms with Crippen molar-refractivity contribution in [3.05, 3.63) is 17.9 Å². The fraction of sp³-hybridized carbons (Fsp3) is 0.583. The van der Waals surface area contributed by atoms with Crippen LogP contribution in [0, 0.1) is 5.41 Å². The number of hydrogen-bond acceptors (Lipinski definition) is 3. The first-order valence-electron chi connectivity index (χ1n) is 5.14. The SMILES string of the molecule is CC(N(C)c1ccc(C=O)o1)C(C)(C)C. The molecule has 0 saturated heterocycles. The summed E-state index contributed by atoms with van der Waals surface area (Å²) in [6.07, 6.45) is 0.721. The van der Waals surface area contributed by atoms with Gasteiger partial charge in [-0.1, -0.05) is 20.8 Å². The van der Waals surface area contributed by atoms with Crippen LogP contribution in [0.1, 0.15) is 38.2 Å². The molecule has 0 spiro atoms. The maximum atomic E-state index is 10.5. The highest BCUT2D eigenvalue weighted by atomic mass is 16.4. The minimum atomic E-state index is 0.170. The van der Waals surface area contributed by atoms with Crippen LogP contribution >= 0.6 is 0 Å². The van der Waals surface area contributed by atoms with Gasteiger partial charge in [-0.05, 0) is 18.4 Å². The van der Waals surface area contributed by atoms with Crippen molar-refractivity contribution >= 4 is 12.2 Å². The molecule has 0 aromatic carbocycles. The van der Waals surface area contributed by atoms with Crippen molar-refractivity contribution in [1.29, 1.82) is 0 Å². The van der Waals surface area contributed by atoms with Crippen molar-refractivity contribution in [1.82, 2.24) is 0 Å². The largest absolute Gasteiger partial charge is 0.438 e. The van der Waals surface area contributed by atoms with E-state index in [0.29, 0.717) is 11.8 Å². The van der Waals surface area contributed by atoms with Gasteiger partial charge in [0, 0.05) is 19.2 Å². The monoisotopic (exact) mass is 209 g/mol. The molecule has 1 rings (SSSR count). The molecule has 1 unspecified atom stereocenters. The summed E-state index contributed by atoms with van der Waals surface area (Å²) in [6, 6.07) is 3.85. The van der Waals surface area contributed by atoms with Gasteiger partial charge in [0.25, 0.3) is 0 Å². The molecular weight excluding hydrogens is 190 g/mol. The van der Waals surface area contributed by atoms with Crippen LogP contribution in [0.5, 0.6) is 0 Å². The Morgan fingerprint density at radius 2 is 2.00 bits per heavy atom. The molecule has 1 heterocycles. The van der Waals surface area contributed by atoms with E-state index in [1.54, 1.807) is 6.07 Å². The van der Waals surface area contributed by atoms with E-state index in [1.807, 2.05) is 18.0 Å². The van der Waals surface area contributed by atoms with E-state index >= 15 is 0 Å². The maximum Gasteiger partial charge on any atom is 0.196 e. The lowest BCUT2D eigenvalue weighted by molar-refractivity contribution is 0.110. The molecule has 3 nitrogen and oxygen atoms in total.